The van der Waals surface area contributed by atoms with Crippen molar-refractivity contribution in [3.8, 4) is 11.1 Å². The number of fused-ring (bicyclic) bond motifs is 7. The maximum absolute atomic E-state index is 2.55. The Morgan fingerprint density at radius 1 is 0.510 bits per heavy atom. The van der Waals surface area contributed by atoms with Crippen LogP contribution in [0.25, 0.3) is 32.0 Å². The number of aryl methyl sites for hydroxylation is 2. The Kier molecular flexibility index (Phi) is 7.29. The van der Waals surface area contributed by atoms with E-state index in [0.717, 1.165) is 17.8 Å². The van der Waals surface area contributed by atoms with Gasteiger partial charge in [0.05, 0.1) is 11.7 Å². The number of hydrogen-bond acceptors (Lipinski definition) is 3. The first-order valence-electron chi connectivity index (χ1n) is 17.0. The molecule has 1 heterocycles. The highest BCUT2D eigenvalue weighted by Crippen LogP contribution is 2.54. The lowest BCUT2D eigenvalue weighted by atomic mass is 9.83. The van der Waals surface area contributed by atoms with Crippen LogP contribution in [0.5, 0.6) is 0 Å². The minimum Gasteiger partial charge on any atom is -0.334 e. The van der Waals surface area contributed by atoms with Gasteiger partial charge in [0, 0.05) is 60.5 Å². The van der Waals surface area contributed by atoms with Gasteiger partial charge in [0.2, 0.25) is 0 Å². The van der Waals surface area contributed by atoms with Crippen molar-refractivity contribution < 1.29 is 0 Å². The molecule has 0 spiro atoms. The average molecular weight is 649 g/mol. The normalized spacial score (nSPS) is 13.6. The molecule has 8 aromatic rings. The minimum absolute atomic E-state index is 0.153. The van der Waals surface area contributed by atoms with Crippen molar-refractivity contribution in [1.82, 2.24) is 0 Å². The topological polar surface area (TPSA) is 6.48 Å². The second kappa shape index (κ2) is 12.1. The Balaban J connectivity index is 1.30. The zero-order chi connectivity index (χ0) is 32.9. The summed E-state index contributed by atoms with van der Waals surface area (Å²) in [5, 5.41) is 3.89. The van der Waals surface area contributed by atoms with Gasteiger partial charge in [0.25, 0.3) is 0 Å². The van der Waals surface area contributed by atoms with E-state index in [1.807, 2.05) is 11.3 Å². The van der Waals surface area contributed by atoms with Crippen LogP contribution in [0.1, 0.15) is 27.6 Å². The Morgan fingerprint density at radius 3 is 1.84 bits per heavy atom. The van der Waals surface area contributed by atoms with Crippen molar-refractivity contribution in [2.75, 3.05) is 9.80 Å². The summed E-state index contributed by atoms with van der Waals surface area (Å²) in [4.78, 5) is 6.43. The van der Waals surface area contributed by atoms with Crippen LogP contribution in [-0.2, 0) is 6.42 Å². The van der Waals surface area contributed by atoms with Crippen LogP contribution in [0.2, 0.25) is 0 Å². The standard InChI is InChI=1S/C46H36N2S/c1-31-15-13-21-35(27-31)47(33-17-5-3-6-18-33)42-29-41-45-39-25-11-9-23-37(39)43(30-44(45)49-46(41)40-26-12-10-24-38(40)42)48(34-19-7-4-8-20-34)36-22-14-16-32(2)28-36/h3-29,43H,30H2,1-2H3. The van der Waals surface area contributed by atoms with Gasteiger partial charge in [0.15, 0.2) is 0 Å². The molecule has 1 aromatic heterocycles. The summed E-state index contributed by atoms with van der Waals surface area (Å²) in [6.45, 7) is 4.36. The Morgan fingerprint density at radius 2 is 1.10 bits per heavy atom. The average Bonchev–Trinajstić information content (AvgIpc) is 3.52. The maximum Gasteiger partial charge on any atom is 0.0646 e. The first kappa shape index (κ1) is 29.5. The zero-order valence-corrected chi connectivity index (χ0v) is 28.5. The third-order valence-corrected chi connectivity index (χ3v) is 11.1. The van der Waals surface area contributed by atoms with Crippen LogP contribution in [-0.4, -0.2) is 0 Å². The number of rotatable bonds is 6. The van der Waals surface area contributed by atoms with E-state index in [1.54, 1.807) is 0 Å². The van der Waals surface area contributed by atoms with Gasteiger partial charge >= 0.3 is 0 Å². The summed E-state index contributed by atoms with van der Waals surface area (Å²) in [7, 11) is 0. The molecule has 1 aliphatic carbocycles. The van der Waals surface area contributed by atoms with Gasteiger partial charge in [-0.3, -0.25) is 0 Å². The van der Waals surface area contributed by atoms with E-state index >= 15 is 0 Å². The third kappa shape index (κ3) is 5.10. The summed E-state index contributed by atoms with van der Waals surface area (Å²) in [6.07, 6.45) is 0.929. The number of thiophene rings is 1. The number of anilines is 5. The van der Waals surface area contributed by atoms with E-state index in [-0.39, 0.29) is 6.04 Å². The molecule has 0 radical (unpaired) electrons. The Hall–Kier alpha value is -5.64. The fraction of sp³-hybridized carbons (Fsp3) is 0.0870. The lowest BCUT2D eigenvalue weighted by Crippen LogP contribution is -2.28. The van der Waals surface area contributed by atoms with E-state index < -0.39 is 0 Å². The molecule has 1 unspecified atom stereocenters. The number of hydrogen-bond donors (Lipinski definition) is 0. The molecule has 7 aromatic carbocycles. The maximum atomic E-state index is 2.55. The van der Waals surface area contributed by atoms with Crippen LogP contribution in [0, 0.1) is 13.8 Å². The predicted molar refractivity (Wildman–Crippen MR) is 210 cm³/mol. The summed E-state index contributed by atoms with van der Waals surface area (Å²) in [5.74, 6) is 0. The smallest absolute Gasteiger partial charge is 0.0646 e. The van der Waals surface area contributed by atoms with Gasteiger partial charge in [0.1, 0.15) is 0 Å². The highest BCUT2D eigenvalue weighted by molar-refractivity contribution is 7.20. The van der Waals surface area contributed by atoms with Gasteiger partial charge in [-0.1, -0.05) is 109 Å². The molecule has 3 heteroatoms. The molecular weight excluding hydrogens is 613 g/mol. The summed E-state index contributed by atoms with van der Waals surface area (Å²) >= 11 is 1.98. The minimum atomic E-state index is 0.153. The Bertz CT molecular complexity index is 2460. The number of benzene rings is 7. The molecular formula is C46H36N2S. The van der Waals surface area contributed by atoms with Crippen molar-refractivity contribution in [2.45, 2.75) is 26.3 Å². The second-order valence-corrected chi connectivity index (χ2v) is 14.2. The van der Waals surface area contributed by atoms with Gasteiger partial charge in [-0.2, -0.15) is 0 Å². The molecule has 0 N–H and O–H groups in total. The van der Waals surface area contributed by atoms with Crippen LogP contribution in [0.4, 0.5) is 28.4 Å². The van der Waals surface area contributed by atoms with Gasteiger partial charge in [-0.05, 0) is 90.7 Å². The van der Waals surface area contributed by atoms with Gasteiger partial charge in [-0.25, -0.2) is 0 Å². The van der Waals surface area contributed by atoms with Crippen LogP contribution >= 0.6 is 11.3 Å². The summed E-state index contributed by atoms with van der Waals surface area (Å²) < 4.78 is 1.36. The van der Waals surface area contributed by atoms with Crippen LogP contribution in [0.3, 0.4) is 0 Å². The van der Waals surface area contributed by atoms with Gasteiger partial charge < -0.3 is 9.80 Å². The van der Waals surface area contributed by atoms with E-state index in [2.05, 4.69) is 187 Å². The summed E-state index contributed by atoms with van der Waals surface area (Å²) in [6, 6.07) is 60.2. The van der Waals surface area contributed by atoms with E-state index in [0.29, 0.717) is 0 Å². The van der Waals surface area contributed by atoms with Crippen molar-refractivity contribution in [1.29, 1.82) is 0 Å². The molecule has 1 atom stereocenters. The molecule has 0 fully saturated rings. The fourth-order valence-corrected chi connectivity index (χ4v) is 9.12. The molecule has 0 bridgehead atoms. The van der Waals surface area contributed by atoms with E-state index in [4.69, 9.17) is 0 Å². The molecule has 49 heavy (non-hydrogen) atoms. The largest absolute Gasteiger partial charge is 0.334 e. The highest BCUT2D eigenvalue weighted by atomic mass is 32.1. The van der Waals surface area contributed by atoms with Crippen molar-refractivity contribution in [2.24, 2.45) is 0 Å². The van der Waals surface area contributed by atoms with E-state index in [9.17, 15) is 0 Å². The number of para-hydroxylation sites is 2. The SMILES string of the molecule is Cc1cccc(N(c2ccccc2)c2cc3c4c(sc3c3ccccc23)CC(N(c2ccccc2)c2cccc(C)c2)c2ccccc2-4)c1. The third-order valence-electron chi connectivity index (χ3n) is 9.86. The van der Waals surface area contributed by atoms with E-state index in [1.165, 1.54) is 70.6 Å². The molecule has 0 aliphatic heterocycles. The molecule has 2 nitrogen and oxygen atoms in total. The first-order valence-corrected chi connectivity index (χ1v) is 17.8. The quantitative estimate of drug-likeness (QED) is 0.177. The van der Waals surface area contributed by atoms with Crippen molar-refractivity contribution >= 4 is 60.6 Å². The molecule has 1 aliphatic rings. The van der Waals surface area contributed by atoms with Gasteiger partial charge in [-0.15, -0.1) is 11.3 Å². The zero-order valence-electron chi connectivity index (χ0n) is 27.7. The molecule has 9 rings (SSSR count). The molecule has 0 saturated carbocycles. The molecule has 0 amide bonds. The second-order valence-electron chi connectivity index (χ2n) is 13.1. The van der Waals surface area contributed by atoms with Crippen LogP contribution in [0.15, 0.2) is 164 Å². The summed E-state index contributed by atoms with van der Waals surface area (Å²) in [5.41, 5.74) is 12.5. The monoisotopic (exact) mass is 648 g/mol. The predicted octanol–water partition coefficient (Wildman–Crippen LogP) is 13.2. The number of nitrogens with zero attached hydrogens (tertiary/aromatic N) is 2. The van der Waals surface area contributed by atoms with Crippen molar-refractivity contribution in [3.63, 3.8) is 0 Å². The lowest BCUT2D eigenvalue weighted by molar-refractivity contribution is 0.693. The molecule has 236 valence electrons. The first-order chi connectivity index (χ1) is 24.1. The van der Waals surface area contributed by atoms with Crippen LogP contribution < -0.4 is 9.80 Å². The molecule has 0 saturated heterocycles. The Labute approximate surface area is 292 Å². The highest BCUT2D eigenvalue weighted by Gasteiger charge is 2.33. The van der Waals surface area contributed by atoms with Crippen molar-refractivity contribution in [3.05, 3.63) is 185 Å². The fourth-order valence-electron chi connectivity index (χ4n) is 7.75. The lowest BCUT2D eigenvalue weighted by Gasteiger charge is -2.38.